The van der Waals surface area contributed by atoms with Crippen molar-refractivity contribution in [2.75, 3.05) is 13.2 Å². The van der Waals surface area contributed by atoms with E-state index in [0.717, 1.165) is 0 Å². The molecule has 2 N–H and O–H groups in total. The molecule has 0 fully saturated rings. The number of nitrogens with two attached hydrogens (primary N) is 1. The highest BCUT2D eigenvalue weighted by atomic mass is 19.1. The highest BCUT2D eigenvalue weighted by Crippen LogP contribution is 2.16. The van der Waals surface area contributed by atoms with Gasteiger partial charge in [0.15, 0.2) is 5.82 Å². The molecule has 0 amide bonds. The number of halogens is 1. The second kappa shape index (κ2) is 6.01. The molecule has 19 heavy (non-hydrogen) atoms. The van der Waals surface area contributed by atoms with E-state index in [9.17, 15) is 4.39 Å². The molecule has 0 aliphatic rings. The molecule has 8 heteroatoms. The fourth-order valence-electron chi connectivity index (χ4n) is 1.36. The number of ether oxygens (including phenoxy) is 1. The molecule has 0 spiro atoms. The fraction of sp³-hybridized carbons (Fsp3) is 0.273. The van der Waals surface area contributed by atoms with Crippen molar-refractivity contribution in [2.45, 2.75) is 0 Å². The van der Waals surface area contributed by atoms with E-state index in [1.54, 1.807) is 19.2 Å². The van der Waals surface area contributed by atoms with Gasteiger partial charge in [0.1, 0.15) is 18.1 Å². The Morgan fingerprint density at radius 2 is 2.37 bits per heavy atom. The predicted molar refractivity (Wildman–Crippen MR) is 65.8 cm³/mol. The minimum absolute atomic E-state index is 0.0968. The Labute approximate surface area is 108 Å². The predicted octanol–water partition coefficient (Wildman–Crippen LogP) is 0.463. The van der Waals surface area contributed by atoms with Gasteiger partial charge in [-0.15, -0.1) is 5.10 Å². The molecule has 0 aliphatic heterocycles. The first kappa shape index (κ1) is 13.1. The van der Waals surface area contributed by atoms with Crippen molar-refractivity contribution in [3.8, 4) is 17.3 Å². The third-order valence-electron chi connectivity index (χ3n) is 2.43. The number of nitrogens with zero attached hydrogens (tertiary/aromatic N) is 5. The van der Waals surface area contributed by atoms with Gasteiger partial charge in [-0.1, -0.05) is 0 Å². The van der Waals surface area contributed by atoms with E-state index in [2.05, 4.69) is 20.5 Å². The summed E-state index contributed by atoms with van der Waals surface area (Å²) in [6.45, 7) is 0.214. The Morgan fingerprint density at radius 3 is 2.89 bits per heavy atom. The molecule has 100 valence electrons. The lowest BCUT2D eigenvalue weighted by Crippen LogP contribution is -2.10. The van der Waals surface area contributed by atoms with Gasteiger partial charge >= 0.3 is 0 Å². The number of rotatable bonds is 5. The molecular weight excluding hydrogens is 251 g/mol. The van der Waals surface area contributed by atoms with Gasteiger partial charge in [0.05, 0.1) is 12.5 Å². The summed E-state index contributed by atoms with van der Waals surface area (Å²) in [4.78, 5) is 4.18. The van der Waals surface area contributed by atoms with E-state index in [0.29, 0.717) is 29.2 Å². The number of aryl methyl sites for hydroxylation is 1. The normalized spacial score (nSPS) is 11.6. The van der Waals surface area contributed by atoms with E-state index in [1.165, 1.54) is 10.9 Å². The van der Waals surface area contributed by atoms with Crippen molar-refractivity contribution >= 4 is 0 Å². The van der Waals surface area contributed by atoms with Crippen LogP contribution in [-0.2, 0) is 7.05 Å². The average Bonchev–Trinajstić information content (AvgIpc) is 2.87. The lowest BCUT2D eigenvalue weighted by molar-refractivity contribution is 0.346. The van der Waals surface area contributed by atoms with E-state index < -0.39 is 0 Å². The molecular formula is C11H13FN6O. The zero-order valence-corrected chi connectivity index (χ0v) is 10.3. The second-order valence-corrected chi connectivity index (χ2v) is 3.77. The van der Waals surface area contributed by atoms with Crippen LogP contribution < -0.4 is 10.5 Å². The van der Waals surface area contributed by atoms with Crippen LogP contribution in [0.4, 0.5) is 4.39 Å². The Kier molecular flexibility index (Phi) is 4.14. The summed E-state index contributed by atoms with van der Waals surface area (Å²) in [5.41, 5.74) is 6.32. The molecule has 0 radical (unpaired) electrons. The molecule has 0 saturated carbocycles. The smallest absolute Gasteiger partial charge is 0.200 e. The zero-order chi connectivity index (χ0) is 13.7. The molecule has 0 aromatic carbocycles. The van der Waals surface area contributed by atoms with Crippen molar-refractivity contribution < 1.29 is 9.13 Å². The molecule has 2 aromatic rings. The van der Waals surface area contributed by atoms with Crippen LogP contribution in [0.25, 0.3) is 11.5 Å². The van der Waals surface area contributed by atoms with E-state index in [-0.39, 0.29) is 13.2 Å². The molecule has 2 heterocycles. The van der Waals surface area contributed by atoms with E-state index >= 15 is 0 Å². The standard InChI is InChI=1S/C11H13FN6O/c1-18-11(15-16-17-18)10-3-2-9(6-14-10)19-7-8(4-12)5-13/h2-4,6H,5,7,13H2,1H3/b8-4+. The first-order chi connectivity index (χ1) is 9.24. The molecule has 0 atom stereocenters. The third-order valence-corrected chi connectivity index (χ3v) is 2.43. The summed E-state index contributed by atoms with van der Waals surface area (Å²) in [7, 11) is 1.72. The van der Waals surface area contributed by atoms with Crippen molar-refractivity contribution in [1.82, 2.24) is 25.2 Å². The Hall–Kier alpha value is -2.35. The highest BCUT2D eigenvalue weighted by Gasteiger charge is 2.07. The summed E-state index contributed by atoms with van der Waals surface area (Å²) < 4.78 is 19.2. The first-order valence-electron chi connectivity index (χ1n) is 5.54. The molecule has 0 saturated heterocycles. The number of hydrogen-bond donors (Lipinski definition) is 1. The Balaban J connectivity index is 2.05. The number of hydrogen-bond acceptors (Lipinski definition) is 6. The van der Waals surface area contributed by atoms with E-state index in [4.69, 9.17) is 10.5 Å². The van der Waals surface area contributed by atoms with Gasteiger partial charge in [-0.2, -0.15) is 0 Å². The zero-order valence-electron chi connectivity index (χ0n) is 10.3. The molecule has 0 bridgehead atoms. The Morgan fingerprint density at radius 1 is 1.53 bits per heavy atom. The van der Waals surface area contributed by atoms with E-state index in [1.807, 2.05) is 0 Å². The van der Waals surface area contributed by atoms with Crippen LogP contribution in [0.3, 0.4) is 0 Å². The summed E-state index contributed by atoms with van der Waals surface area (Å²) in [6, 6.07) is 3.44. The quantitative estimate of drug-likeness (QED) is 0.843. The summed E-state index contributed by atoms with van der Waals surface area (Å²) in [5.74, 6) is 1.07. The van der Waals surface area contributed by atoms with Gasteiger partial charge < -0.3 is 10.5 Å². The lowest BCUT2D eigenvalue weighted by atomic mass is 10.3. The van der Waals surface area contributed by atoms with Gasteiger partial charge in [0.25, 0.3) is 0 Å². The molecule has 7 nitrogen and oxygen atoms in total. The monoisotopic (exact) mass is 264 g/mol. The third kappa shape index (κ3) is 3.10. The maximum absolute atomic E-state index is 12.3. The molecule has 0 unspecified atom stereocenters. The maximum Gasteiger partial charge on any atom is 0.200 e. The van der Waals surface area contributed by atoms with Crippen molar-refractivity contribution in [3.05, 3.63) is 30.2 Å². The van der Waals surface area contributed by atoms with Crippen molar-refractivity contribution in [2.24, 2.45) is 12.8 Å². The van der Waals surface area contributed by atoms with Crippen LogP contribution in [0.2, 0.25) is 0 Å². The largest absolute Gasteiger partial charge is 0.487 e. The summed E-state index contributed by atoms with van der Waals surface area (Å²) >= 11 is 0. The first-order valence-corrected chi connectivity index (χ1v) is 5.54. The van der Waals surface area contributed by atoms with Gasteiger partial charge in [-0.05, 0) is 22.6 Å². The SMILES string of the molecule is Cn1nnnc1-c1ccc(OC/C(=C/F)CN)cn1. The van der Waals surface area contributed by atoms with Crippen LogP contribution in [0, 0.1) is 0 Å². The summed E-state index contributed by atoms with van der Waals surface area (Å²) in [6.07, 6.45) is 1.98. The summed E-state index contributed by atoms with van der Waals surface area (Å²) in [5, 5.41) is 11.1. The molecule has 2 aromatic heterocycles. The van der Waals surface area contributed by atoms with Gasteiger partial charge in [-0.25, -0.2) is 14.1 Å². The highest BCUT2D eigenvalue weighted by molar-refractivity contribution is 5.48. The lowest BCUT2D eigenvalue weighted by Gasteiger charge is -2.07. The second-order valence-electron chi connectivity index (χ2n) is 3.77. The van der Waals surface area contributed by atoms with Crippen LogP contribution in [0.1, 0.15) is 0 Å². The van der Waals surface area contributed by atoms with Crippen molar-refractivity contribution in [3.63, 3.8) is 0 Å². The number of tetrazole rings is 1. The Bertz CT molecular complexity index is 565. The minimum Gasteiger partial charge on any atom is -0.487 e. The molecule has 0 aliphatic carbocycles. The van der Waals surface area contributed by atoms with Crippen LogP contribution in [0.5, 0.6) is 5.75 Å². The topological polar surface area (TPSA) is 91.7 Å². The fourth-order valence-corrected chi connectivity index (χ4v) is 1.36. The van der Waals surface area contributed by atoms with Gasteiger partial charge in [-0.3, -0.25) is 0 Å². The van der Waals surface area contributed by atoms with Gasteiger partial charge in [0.2, 0.25) is 0 Å². The maximum atomic E-state index is 12.3. The average molecular weight is 264 g/mol. The minimum atomic E-state index is 0.0968. The van der Waals surface area contributed by atoms with Crippen LogP contribution in [-0.4, -0.2) is 38.3 Å². The van der Waals surface area contributed by atoms with Crippen LogP contribution >= 0.6 is 0 Å². The van der Waals surface area contributed by atoms with Crippen molar-refractivity contribution in [1.29, 1.82) is 0 Å². The van der Waals surface area contributed by atoms with Gasteiger partial charge in [0, 0.05) is 19.2 Å². The van der Waals surface area contributed by atoms with Crippen LogP contribution in [0.15, 0.2) is 30.2 Å². The molecule has 2 rings (SSSR count). The number of pyridine rings is 1. The number of aromatic nitrogens is 5.